The average Bonchev–Trinajstić information content (AvgIpc) is 2.76. The summed E-state index contributed by atoms with van der Waals surface area (Å²) in [5.41, 5.74) is 1.00. The smallest absolute Gasteiger partial charge is 0.261 e. The quantitative estimate of drug-likeness (QED) is 0.822. The van der Waals surface area contributed by atoms with E-state index in [1.807, 2.05) is 13.8 Å². The highest BCUT2D eigenvalue weighted by Crippen LogP contribution is 2.27. The van der Waals surface area contributed by atoms with Gasteiger partial charge in [0.25, 0.3) is 5.22 Å². The fraction of sp³-hybridized carbons (Fsp3) is 0.300. The Morgan fingerprint density at radius 1 is 1.44 bits per heavy atom. The maximum absolute atomic E-state index is 5.16. The van der Waals surface area contributed by atoms with Crippen LogP contribution in [0, 0.1) is 6.92 Å². The molecule has 0 spiro atoms. The van der Waals surface area contributed by atoms with E-state index in [-0.39, 0.29) is 0 Å². The molecule has 0 aliphatic carbocycles. The van der Waals surface area contributed by atoms with Gasteiger partial charge >= 0.3 is 0 Å². The number of nitrogens with zero attached hydrogens (tertiary/aromatic N) is 3. The summed E-state index contributed by atoms with van der Waals surface area (Å²) >= 11 is 1.39. The van der Waals surface area contributed by atoms with Crippen molar-refractivity contribution in [2.75, 3.05) is 11.9 Å². The van der Waals surface area contributed by atoms with Crippen LogP contribution in [0.3, 0.4) is 0 Å². The molecule has 2 heterocycles. The van der Waals surface area contributed by atoms with Crippen LogP contribution in [0.15, 0.2) is 33.3 Å². The van der Waals surface area contributed by atoms with E-state index < -0.39 is 0 Å². The number of oxazole rings is 1. The molecule has 0 aromatic carbocycles. The van der Waals surface area contributed by atoms with Crippen molar-refractivity contribution >= 4 is 17.7 Å². The summed E-state index contributed by atoms with van der Waals surface area (Å²) < 4.78 is 5.16. The molecule has 6 heteroatoms. The highest BCUT2D eigenvalue weighted by molar-refractivity contribution is 7.99. The van der Waals surface area contributed by atoms with Gasteiger partial charge in [0.2, 0.25) is 5.95 Å². The van der Waals surface area contributed by atoms with Crippen molar-refractivity contribution in [1.29, 1.82) is 0 Å². The number of nitrogens with one attached hydrogen (secondary N) is 1. The Kier molecular flexibility index (Phi) is 3.40. The molecular weight excluding hydrogens is 224 g/mol. The summed E-state index contributed by atoms with van der Waals surface area (Å²) in [4.78, 5) is 12.6. The number of rotatable bonds is 4. The van der Waals surface area contributed by atoms with Gasteiger partial charge in [-0.1, -0.05) is 0 Å². The zero-order chi connectivity index (χ0) is 11.4. The molecule has 0 unspecified atom stereocenters. The van der Waals surface area contributed by atoms with Crippen LogP contribution in [0.2, 0.25) is 0 Å². The Bertz CT molecular complexity index is 458. The Morgan fingerprint density at radius 3 is 3.00 bits per heavy atom. The van der Waals surface area contributed by atoms with Crippen molar-refractivity contribution in [3.63, 3.8) is 0 Å². The van der Waals surface area contributed by atoms with Crippen LogP contribution < -0.4 is 5.32 Å². The molecule has 0 saturated carbocycles. The number of hydrogen-bond donors (Lipinski definition) is 1. The first-order valence-electron chi connectivity index (χ1n) is 4.94. The molecule has 0 bridgehead atoms. The second-order valence-corrected chi connectivity index (χ2v) is 4.05. The Labute approximate surface area is 97.7 Å². The van der Waals surface area contributed by atoms with Gasteiger partial charge in [0.15, 0.2) is 0 Å². The van der Waals surface area contributed by atoms with Gasteiger partial charge in [-0.25, -0.2) is 15.0 Å². The normalized spacial score (nSPS) is 10.4. The molecule has 0 atom stereocenters. The molecule has 0 saturated heterocycles. The predicted octanol–water partition coefficient (Wildman–Crippen LogP) is 2.36. The molecule has 2 aromatic heterocycles. The summed E-state index contributed by atoms with van der Waals surface area (Å²) in [6.07, 6.45) is 4.95. The highest BCUT2D eigenvalue weighted by atomic mass is 32.2. The Morgan fingerprint density at radius 2 is 2.31 bits per heavy atom. The van der Waals surface area contributed by atoms with E-state index in [0.717, 1.165) is 17.1 Å². The molecule has 16 heavy (non-hydrogen) atoms. The van der Waals surface area contributed by atoms with E-state index in [4.69, 9.17) is 4.42 Å². The minimum absolute atomic E-state index is 0.587. The third-order valence-corrected chi connectivity index (χ3v) is 2.84. The monoisotopic (exact) mass is 236 g/mol. The lowest BCUT2D eigenvalue weighted by molar-refractivity contribution is 0.454. The van der Waals surface area contributed by atoms with Crippen LogP contribution >= 0.6 is 11.8 Å². The molecule has 0 aliphatic rings. The second-order valence-electron chi connectivity index (χ2n) is 3.11. The van der Waals surface area contributed by atoms with Crippen molar-refractivity contribution in [3.8, 4) is 0 Å². The second kappa shape index (κ2) is 4.98. The van der Waals surface area contributed by atoms with Crippen molar-refractivity contribution in [2.24, 2.45) is 0 Å². The third-order valence-electron chi connectivity index (χ3n) is 1.85. The lowest BCUT2D eigenvalue weighted by Gasteiger charge is -2.05. The van der Waals surface area contributed by atoms with Crippen molar-refractivity contribution in [1.82, 2.24) is 15.0 Å². The summed E-state index contributed by atoms with van der Waals surface area (Å²) in [6.45, 7) is 4.76. The van der Waals surface area contributed by atoms with Crippen LogP contribution in [0.1, 0.15) is 12.5 Å². The van der Waals surface area contributed by atoms with Crippen molar-refractivity contribution < 1.29 is 4.42 Å². The molecule has 0 fully saturated rings. The molecule has 0 amide bonds. The average molecular weight is 236 g/mol. The summed E-state index contributed by atoms with van der Waals surface area (Å²) in [6, 6.07) is 0. The number of aryl methyl sites for hydroxylation is 1. The number of anilines is 1. The lowest BCUT2D eigenvalue weighted by atomic mass is 10.4. The van der Waals surface area contributed by atoms with E-state index in [1.54, 1.807) is 18.7 Å². The van der Waals surface area contributed by atoms with Gasteiger partial charge < -0.3 is 9.73 Å². The van der Waals surface area contributed by atoms with Crippen molar-refractivity contribution in [3.05, 3.63) is 24.2 Å². The van der Waals surface area contributed by atoms with Gasteiger partial charge in [-0.2, -0.15) is 0 Å². The molecular formula is C10H12N4OS. The van der Waals surface area contributed by atoms with E-state index in [1.165, 1.54) is 11.8 Å². The zero-order valence-corrected chi connectivity index (χ0v) is 9.91. The molecule has 0 aliphatic heterocycles. The maximum atomic E-state index is 5.16. The lowest BCUT2D eigenvalue weighted by Crippen LogP contribution is -2.03. The van der Waals surface area contributed by atoms with E-state index >= 15 is 0 Å². The minimum atomic E-state index is 0.587. The van der Waals surface area contributed by atoms with Crippen molar-refractivity contribution in [2.45, 2.75) is 24.1 Å². The first-order valence-corrected chi connectivity index (χ1v) is 5.76. The van der Waals surface area contributed by atoms with Gasteiger partial charge in [-0.15, -0.1) is 0 Å². The Hall–Kier alpha value is -1.56. The van der Waals surface area contributed by atoms with Crippen LogP contribution in [-0.2, 0) is 0 Å². The third kappa shape index (κ3) is 2.52. The van der Waals surface area contributed by atoms with Crippen LogP contribution in [0.25, 0.3) is 0 Å². The predicted molar refractivity (Wildman–Crippen MR) is 61.6 cm³/mol. The zero-order valence-electron chi connectivity index (χ0n) is 9.10. The van der Waals surface area contributed by atoms with E-state index in [9.17, 15) is 0 Å². The van der Waals surface area contributed by atoms with Gasteiger partial charge in [0.05, 0.1) is 6.20 Å². The first kappa shape index (κ1) is 10.9. The van der Waals surface area contributed by atoms with Crippen LogP contribution in [0.5, 0.6) is 0 Å². The maximum Gasteiger partial charge on any atom is 0.261 e. The Balaban J connectivity index is 2.21. The van der Waals surface area contributed by atoms with Gasteiger partial charge in [0, 0.05) is 18.3 Å². The fourth-order valence-corrected chi connectivity index (χ4v) is 1.84. The van der Waals surface area contributed by atoms with E-state index in [2.05, 4.69) is 20.3 Å². The van der Waals surface area contributed by atoms with Gasteiger partial charge in [-0.05, 0) is 25.6 Å². The first-order chi connectivity index (χ1) is 7.79. The van der Waals surface area contributed by atoms with Gasteiger partial charge in [0.1, 0.15) is 11.3 Å². The van der Waals surface area contributed by atoms with Crippen LogP contribution in [-0.4, -0.2) is 21.5 Å². The molecule has 84 valence electrons. The fourth-order valence-electron chi connectivity index (χ4n) is 1.12. The van der Waals surface area contributed by atoms with Gasteiger partial charge in [-0.3, -0.25) is 0 Å². The van der Waals surface area contributed by atoms with E-state index in [0.29, 0.717) is 11.2 Å². The highest BCUT2D eigenvalue weighted by Gasteiger charge is 2.08. The summed E-state index contributed by atoms with van der Waals surface area (Å²) in [7, 11) is 0. The standard InChI is InChI=1S/C10H12N4OS/c1-3-11-9-13-6-7(2)8(14-9)16-10-12-4-5-15-10/h4-6H,3H2,1-2H3,(H,11,13,14). The SMILES string of the molecule is CCNc1ncc(C)c(Sc2ncco2)n1. The number of aromatic nitrogens is 3. The molecule has 0 radical (unpaired) electrons. The molecule has 1 N–H and O–H groups in total. The molecule has 5 nitrogen and oxygen atoms in total. The largest absolute Gasteiger partial charge is 0.440 e. The number of hydrogen-bond acceptors (Lipinski definition) is 6. The molecule has 2 rings (SSSR count). The molecule has 2 aromatic rings. The summed E-state index contributed by atoms with van der Waals surface area (Å²) in [5.74, 6) is 0.627. The van der Waals surface area contributed by atoms with Crippen LogP contribution in [0.4, 0.5) is 5.95 Å². The topological polar surface area (TPSA) is 63.8 Å². The minimum Gasteiger partial charge on any atom is -0.440 e. The summed E-state index contributed by atoms with van der Waals surface area (Å²) in [5, 5.41) is 4.51.